The van der Waals surface area contributed by atoms with Crippen LogP contribution in [-0.4, -0.2) is 20.8 Å². The zero-order valence-electron chi connectivity index (χ0n) is 12.0. The van der Waals surface area contributed by atoms with Crippen LogP contribution in [0.15, 0.2) is 18.2 Å². The Bertz CT molecular complexity index is 352. The van der Waals surface area contributed by atoms with Gasteiger partial charge in [0.15, 0.2) is 11.5 Å². The summed E-state index contributed by atoms with van der Waals surface area (Å²) < 4.78 is 11.2. The van der Waals surface area contributed by atoms with Crippen molar-refractivity contribution in [3.05, 3.63) is 23.8 Å². The minimum absolute atomic E-state index is 0.580. The number of nitrogens with one attached hydrogen (secondary N) is 1. The third-order valence-corrected chi connectivity index (χ3v) is 2.91. The van der Waals surface area contributed by atoms with Crippen molar-refractivity contribution in [2.24, 2.45) is 5.92 Å². The summed E-state index contributed by atoms with van der Waals surface area (Å²) in [6.45, 7) is 5.99. The number of hydrogen-bond acceptors (Lipinski definition) is 3. The lowest BCUT2D eigenvalue weighted by atomic mass is 10.1. The highest BCUT2D eigenvalue weighted by atomic mass is 16.5. The van der Waals surface area contributed by atoms with Crippen LogP contribution in [0.4, 0.5) is 0 Å². The molecule has 1 atom stereocenters. The minimum Gasteiger partial charge on any atom is -0.493 e. The van der Waals surface area contributed by atoms with E-state index in [-0.39, 0.29) is 0 Å². The van der Waals surface area contributed by atoms with Crippen molar-refractivity contribution in [1.29, 1.82) is 0 Å². The normalized spacial score (nSPS) is 12.2. The van der Waals surface area contributed by atoms with Crippen molar-refractivity contribution in [1.82, 2.24) is 5.32 Å². The van der Waals surface area contributed by atoms with Crippen LogP contribution in [0.5, 0.6) is 11.5 Å². The molecule has 0 amide bonds. The highest BCUT2D eigenvalue weighted by molar-refractivity contribution is 5.42. The second-order valence-corrected chi connectivity index (χ2v) is 4.72. The molecule has 0 aromatic heterocycles. The SMILES string of the molecule is CCCC(C)COc1ccc(CNC)cc1OC. The molecule has 1 aromatic rings. The van der Waals surface area contributed by atoms with Crippen molar-refractivity contribution >= 4 is 0 Å². The van der Waals surface area contributed by atoms with Gasteiger partial charge in [-0.1, -0.05) is 26.3 Å². The van der Waals surface area contributed by atoms with Gasteiger partial charge < -0.3 is 14.8 Å². The molecule has 1 N–H and O–H groups in total. The summed E-state index contributed by atoms with van der Waals surface area (Å²) in [6, 6.07) is 6.08. The molecule has 0 aliphatic rings. The Kier molecular flexibility index (Phi) is 6.58. The van der Waals surface area contributed by atoms with Gasteiger partial charge >= 0.3 is 0 Å². The van der Waals surface area contributed by atoms with Crippen LogP contribution in [0, 0.1) is 5.92 Å². The average molecular weight is 251 g/mol. The molecular formula is C15H25NO2. The molecule has 0 bridgehead atoms. The standard InChI is InChI=1S/C15H25NO2/c1-5-6-12(2)11-18-14-8-7-13(10-16-3)9-15(14)17-4/h7-9,12,16H,5-6,10-11H2,1-4H3. The van der Waals surface area contributed by atoms with Crippen LogP contribution in [0.25, 0.3) is 0 Å². The zero-order chi connectivity index (χ0) is 13.4. The van der Waals surface area contributed by atoms with E-state index in [0.29, 0.717) is 5.92 Å². The first-order valence-corrected chi connectivity index (χ1v) is 6.65. The van der Waals surface area contributed by atoms with Crippen LogP contribution in [0.3, 0.4) is 0 Å². The van der Waals surface area contributed by atoms with Crippen LogP contribution in [-0.2, 0) is 6.54 Å². The van der Waals surface area contributed by atoms with Gasteiger partial charge in [-0.05, 0) is 37.1 Å². The average Bonchev–Trinajstić information content (AvgIpc) is 2.37. The molecule has 0 fully saturated rings. The number of hydrogen-bond donors (Lipinski definition) is 1. The lowest BCUT2D eigenvalue weighted by Gasteiger charge is -2.15. The first kappa shape index (κ1) is 14.8. The molecular weight excluding hydrogens is 226 g/mol. The molecule has 0 saturated carbocycles. The second kappa shape index (κ2) is 7.98. The van der Waals surface area contributed by atoms with Crippen LogP contribution in [0.1, 0.15) is 32.3 Å². The third-order valence-electron chi connectivity index (χ3n) is 2.91. The third kappa shape index (κ3) is 4.57. The van der Waals surface area contributed by atoms with Crippen molar-refractivity contribution in [3.8, 4) is 11.5 Å². The minimum atomic E-state index is 0.580. The van der Waals surface area contributed by atoms with Crippen molar-refractivity contribution in [3.63, 3.8) is 0 Å². The Morgan fingerprint density at radius 1 is 1.28 bits per heavy atom. The molecule has 1 aromatic carbocycles. The molecule has 18 heavy (non-hydrogen) atoms. The molecule has 102 valence electrons. The Balaban J connectivity index is 2.64. The lowest BCUT2D eigenvalue weighted by molar-refractivity contribution is 0.240. The molecule has 3 nitrogen and oxygen atoms in total. The summed E-state index contributed by atoms with van der Waals surface area (Å²) in [5, 5.41) is 3.13. The monoisotopic (exact) mass is 251 g/mol. The summed E-state index contributed by atoms with van der Waals surface area (Å²) in [5.74, 6) is 2.23. The van der Waals surface area contributed by atoms with E-state index >= 15 is 0 Å². The number of ether oxygens (including phenoxy) is 2. The van der Waals surface area contributed by atoms with Crippen LogP contribution in [0.2, 0.25) is 0 Å². The van der Waals surface area contributed by atoms with E-state index in [2.05, 4.69) is 25.2 Å². The van der Waals surface area contributed by atoms with Gasteiger partial charge in [-0.3, -0.25) is 0 Å². The van der Waals surface area contributed by atoms with E-state index < -0.39 is 0 Å². The van der Waals surface area contributed by atoms with E-state index in [0.717, 1.165) is 24.7 Å². The van der Waals surface area contributed by atoms with Gasteiger partial charge in [0, 0.05) is 6.54 Å². The van der Waals surface area contributed by atoms with Gasteiger partial charge in [-0.25, -0.2) is 0 Å². The smallest absolute Gasteiger partial charge is 0.161 e. The van der Waals surface area contributed by atoms with E-state index in [9.17, 15) is 0 Å². The zero-order valence-corrected chi connectivity index (χ0v) is 12.0. The molecule has 0 saturated heterocycles. The highest BCUT2D eigenvalue weighted by Gasteiger charge is 2.08. The lowest BCUT2D eigenvalue weighted by Crippen LogP contribution is -2.09. The second-order valence-electron chi connectivity index (χ2n) is 4.72. The van der Waals surface area contributed by atoms with E-state index in [1.54, 1.807) is 7.11 Å². The van der Waals surface area contributed by atoms with E-state index in [1.807, 2.05) is 19.2 Å². The first-order valence-electron chi connectivity index (χ1n) is 6.65. The summed E-state index contributed by atoms with van der Waals surface area (Å²) in [4.78, 5) is 0. The topological polar surface area (TPSA) is 30.5 Å². The van der Waals surface area contributed by atoms with Gasteiger partial charge in [0.1, 0.15) is 0 Å². The fourth-order valence-electron chi connectivity index (χ4n) is 1.95. The Morgan fingerprint density at radius 2 is 2.06 bits per heavy atom. The maximum atomic E-state index is 5.83. The van der Waals surface area contributed by atoms with Crippen LogP contribution < -0.4 is 14.8 Å². The fourth-order valence-corrected chi connectivity index (χ4v) is 1.95. The molecule has 1 unspecified atom stereocenters. The summed E-state index contributed by atoms with van der Waals surface area (Å²) in [6.07, 6.45) is 2.39. The molecule has 0 radical (unpaired) electrons. The molecule has 0 aliphatic carbocycles. The van der Waals surface area contributed by atoms with Crippen LogP contribution >= 0.6 is 0 Å². The quantitative estimate of drug-likeness (QED) is 0.769. The number of benzene rings is 1. The molecule has 0 heterocycles. The predicted octanol–water partition coefficient (Wildman–Crippen LogP) is 3.23. The molecule has 0 aliphatic heterocycles. The molecule has 3 heteroatoms. The number of rotatable bonds is 8. The number of methoxy groups -OCH3 is 1. The first-order chi connectivity index (χ1) is 8.71. The van der Waals surface area contributed by atoms with Gasteiger partial charge in [0.05, 0.1) is 13.7 Å². The van der Waals surface area contributed by atoms with Crippen molar-refractivity contribution in [2.45, 2.75) is 33.2 Å². The van der Waals surface area contributed by atoms with Crippen molar-refractivity contribution in [2.75, 3.05) is 20.8 Å². The largest absolute Gasteiger partial charge is 0.493 e. The Labute approximate surface area is 110 Å². The molecule has 0 spiro atoms. The van der Waals surface area contributed by atoms with Gasteiger partial charge in [0.2, 0.25) is 0 Å². The fraction of sp³-hybridized carbons (Fsp3) is 0.600. The highest BCUT2D eigenvalue weighted by Crippen LogP contribution is 2.28. The summed E-state index contributed by atoms with van der Waals surface area (Å²) in [7, 11) is 3.62. The summed E-state index contributed by atoms with van der Waals surface area (Å²) in [5.41, 5.74) is 1.20. The Morgan fingerprint density at radius 3 is 2.67 bits per heavy atom. The van der Waals surface area contributed by atoms with Gasteiger partial charge in [-0.15, -0.1) is 0 Å². The maximum Gasteiger partial charge on any atom is 0.161 e. The Hall–Kier alpha value is -1.22. The van der Waals surface area contributed by atoms with Crippen molar-refractivity contribution < 1.29 is 9.47 Å². The maximum absolute atomic E-state index is 5.83. The van der Waals surface area contributed by atoms with E-state index in [1.165, 1.54) is 18.4 Å². The molecule has 1 rings (SSSR count). The predicted molar refractivity (Wildman–Crippen MR) is 75.3 cm³/mol. The summed E-state index contributed by atoms with van der Waals surface area (Å²) >= 11 is 0. The van der Waals surface area contributed by atoms with Gasteiger partial charge in [-0.2, -0.15) is 0 Å². The van der Waals surface area contributed by atoms with E-state index in [4.69, 9.17) is 9.47 Å². The van der Waals surface area contributed by atoms with Gasteiger partial charge in [0.25, 0.3) is 0 Å².